The molecule has 0 bridgehead atoms. The maximum atomic E-state index is 4.70. The number of hydrogen-bond acceptors (Lipinski definition) is 3. The van der Waals surface area contributed by atoms with Crippen molar-refractivity contribution < 1.29 is 0 Å². The molecule has 0 amide bonds. The molecule has 1 aromatic carbocycles. The molecule has 1 N–H and O–H groups in total. The summed E-state index contributed by atoms with van der Waals surface area (Å²) in [6, 6.07) is 8.45. The molecule has 4 nitrogen and oxygen atoms in total. The molecule has 1 aromatic heterocycles. The van der Waals surface area contributed by atoms with Crippen LogP contribution in [0.15, 0.2) is 30.5 Å². The Kier molecular flexibility index (Phi) is 3.97. The van der Waals surface area contributed by atoms with Crippen LogP contribution in [0.5, 0.6) is 0 Å². The molecule has 0 spiro atoms. The topological polar surface area (TPSA) is 33.1 Å². The average Bonchev–Trinajstić information content (AvgIpc) is 2.93. The van der Waals surface area contributed by atoms with Gasteiger partial charge in [-0.3, -0.25) is 0 Å². The van der Waals surface area contributed by atoms with Gasteiger partial charge in [-0.25, -0.2) is 4.68 Å². The van der Waals surface area contributed by atoms with Crippen molar-refractivity contribution in [3.8, 4) is 5.69 Å². The van der Waals surface area contributed by atoms with E-state index in [9.17, 15) is 0 Å². The molecule has 1 aliphatic rings. The molecule has 0 saturated carbocycles. The third kappa shape index (κ3) is 2.68. The van der Waals surface area contributed by atoms with Gasteiger partial charge in [-0.1, -0.05) is 32.0 Å². The Labute approximate surface area is 126 Å². The molecule has 21 heavy (non-hydrogen) atoms. The maximum absolute atomic E-state index is 4.70. The Bertz CT molecular complexity index is 609. The van der Waals surface area contributed by atoms with Crippen LogP contribution in [0.4, 0.5) is 5.69 Å². The van der Waals surface area contributed by atoms with Gasteiger partial charge in [-0.2, -0.15) is 5.10 Å². The zero-order chi connectivity index (χ0) is 14.8. The van der Waals surface area contributed by atoms with Crippen molar-refractivity contribution in [1.82, 2.24) is 15.1 Å². The van der Waals surface area contributed by atoms with Crippen LogP contribution in [0.1, 0.15) is 31.0 Å². The molecule has 4 heteroatoms. The number of hydrogen-bond donors (Lipinski definition) is 1. The first-order valence-corrected chi connectivity index (χ1v) is 7.78. The van der Waals surface area contributed by atoms with Gasteiger partial charge in [-0.15, -0.1) is 0 Å². The average molecular weight is 284 g/mol. The monoisotopic (exact) mass is 284 g/mol. The predicted molar refractivity (Wildman–Crippen MR) is 87.5 cm³/mol. The summed E-state index contributed by atoms with van der Waals surface area (Å²) in [4.78, 5) is 2.45. The van der Waals surface area contributed by atoms with Gasteiger partial charge in [0.1, 0.15) is 0 Å². The third-order valence-corrected chi connectivity index (χ3v) is 4.13. The molecule has 0 radical (unpaired) electrons. The largest absolute Gasteiger partial charge is 0.366 e. The van der Waals surface area contributed by atoms with Crippen LogP contribution in [0, 0.1) is 6.92 Å². The standard InChI is InChI=1S/C17H24N4/c1-13(2)17-16(20-10-8-18-9-11-20)12-19-21(17)15-7-5-4-6-14(15)3/h4-7,12-13,18H,8-11H2,1-3H3. The van der Waals surface area contributed by atoms with E-state index in [0.29, 0.717) is 5.92 Å². The van der Waals surface area contributed by atoms with Crippen LogP contribution in [0.25, 0.3) is 5.69 Å². The summed E-state index contributed by atoms with van der Waals surface area (Å²) in [5.74, 6) is 0.442. The molecule has 0 atom stereocenters. The van der Waals surface area contributed by atoms with Crippen molar-refractivity contribution in [2.75, 3.05) is 31.1 Å². The van der Waals surface area contributed by atoms with Gasteiger partial charge >= 0.3 is 0 Å². The van der Waals surface area contributed by atoms with E-state index < -0.39 is 0 Å². The number of anilines is 1. The molecule has 1 aliphatic heterocycles. The Morgan fingerprint density at radius 2 is 1.81 bits per heavy atom. The number of rotatable bonds is 3. The van der Waals surface area contributed by atoms with E-state index in [1.165, 1.54) is 22.6 Å². The quantitative estimate of drug-likeness (QED) is 0.941. The van der Waals surface area contributed by atoms with Crippen LogP contribution in [0.3, 0.4) is 0 Å². The zero-order valence-electron chi connectivity index (χ0n) is 13.1. The fourth-order valence-corrected chi connectivity index (χ4v) is 3.03. The highest BCUT2D eigenvalue weighted by molar-refractivity contribution is 5.55. The van der Waals surface area contributed by atoms with Gasteiger partial charge < -0.3 is 10.2 Å². The number of piperazine rings is 1. The fraction of sp³-hybridized carbons (Fsp3) is 0.471. The minimum Gasteiger partial charge on any atom is -0.366 e. The van der Waals surface area contributed by atoms with Crippen molar-refractivity contribution >= 4 is 5.69 Å². The number of nitrogens with zero attached hydrogens (tertiary/aromatic N) is 3. The SMILES string of the molecule is Cc1ccccc1-n1ncc(N2CCNCC2)c1C(C)C. The molecule has 1 fully saturated rings. The van der Waals surface area contributed by atoms with Gasteiger partial charge in [0.2, 0.25) is 0 Å². The lowest BCUT2D eigenvalue weighted by Gasteiger charge is -2.30. The smallest absolute Gasteiger partial charge is 0.0793 e. The molecule has 1 saturated heterocycles. The van der Waals surface area contributed by atoms with E-state index in [-0.39, 0.29) is 0 Å². The lowest BCUT2D eigenvalue weighted by Crippen LogP contribution is -2.43. The van der Waals surface area contributed by atoms with E-state index in [2.05, 4.69) is 59.9 Å². The van der Waals surface area contributed by atoms with E-state index in [4.69, 9.17) is 5.10 Å². The predicted octanol–water partition coefficient (Wildman–Crippen LogP) is 2.71. The summed E-state index contributed by atoms with van der Waals surface area (Å²) in [5.41, 5.74) is 5.04. The zero-order valence-corrected chi connectivity index (χ0v) is 13.1. The fourth-order valence-electron chi connectivity index (χ4n) is 3.03. The molecule has 3 rings (SSSR count). The number of para-hydroxylation sites is 1. The van der Waals surface area contributed by atoms with Crippen molar-refractivity contribution in [3.63, 3.8) is 0 Å². The third-order valence-electron chi connectivity index (χ3n) is 4.13. The Hall–Kier alpha value is -1.81. The Balaban J connectivity index is 2.06. The minimum atomic E-state index is 0.442. The van der Waals surface area contributed by atoms with Gasteiger partial charge in [0.15, 0.2) is 0 Å². The van der Waals surface area contributed by atoms with Gasteiger partial charge in [0.25, 0.3) is 0 Å². The number of aromatic nitrogens is 2. The molecular weight excluding hydrogens is 260 g/mol. The van der Waals surface area contributed by atoms with Gasteiger partial charge in [0.05, 0.1) is 23.3 Å². The van der Waals surface area contributed by atoms with Crippen LogP contribution in [0.2, 0.25) is 0 Å². The molecular formula is C17H24N4. The van der Waals surface area contributed by atoms with E-state index in [1.54, 1.807) is 0 Å². The van der Waals surface area contributed by atoms with Crippen molar-refractivity contribution in [1.29, 1.82) is 0 Å². The summed E-state index contributed by atoms with van der Waals surface area (Å²) < 4.78 is 2.12. The van der Waals surface area contributed by atoms with Crippen molar-refractivity contribution in [2.45, 2.75) is 26.7 Å². The molecule has 2 aromatic rings. The Morgan fingerprint density at radius 3 is 2.48 bits per heavy atom. The highest BCUT2D eigenvalue weighted by atomic mass is 15.3. The molecule has 0 unspecified atom stereocenters. The highest BCUT2D eigenvalue weighted by Gasteiger charge is 2.21. The van der Waals surface area contributed by atoms with Gasteiger partial charge in [0, 0.05) is 26.2 Å². The van der Waals surface area contributed by atoms with Crippen LogP contribution in [-0.4, -0.2) is 36.0 Å². The van der Waals surface area contributed by atoms with Crippen molar-refractivity contribution in [2.24, 2.45) is 0 Å². The minimum absolute atomic E-state index is 0.442. The lowest BCUT2D eigenvalue weighted by molar-refractivity contribution is 0.585. The first-order valence-electron chi connectivity index (χ1n) is 7.78. The molecule has 112 valence electrons. The normalized spacial score (nSPS) is 15.7. The van der Waals surface area contributed by atoms with Crippen LogP contribution < -0.4 is 10.2 Å². The van der Waals surface area contributed by atoms with Crippen LogP contribution >= 0.6 is 0 Å². The Morgan fingerprint density at radius 1 is 1.10 bits per heavy atom. The summed E-state index contributed by atoms with van der Waals surface area (Å²) in [6.07, 6.45) is 2.03. The highest BCUT2D eigenvalue weighted by Crippen LogP contribution is 2.30. The summed E-state index contributed by atoms with van der Waals surface area (Å²) in [6.45, 7) is 10.8. The number of aryl methyl sites for hydroxylation is 1. The summed E-state index contributed by atoms with van der Waals surface area (Å²) >= 11 is 0. The lowest BCUT2D eigenvalue weighted by atomic mass is 10.1. The maximum Gasteiger partial charge on any atom is 0.0793 e. The summed E-state index contributed by atoms with van der Waals surface area (Å²) in [5, 5.41) is 8.11. The van der Waals surface area contributed by atoms with Crippen LogP contribution in [-0.2, 0) is 0 Å². The molecule has 2 heterocycles. The van der Waals surface area contributed by atoms with E-state index >= 15 is 0 Å². The van der Waals surface area contributed by atoms with Gasteiger partial charge in [-0.05, 0) is 24.5 Å². The number of nitrogens with one attached hydrogen (secondary N) is 1. The summed E-state index contributed by atoms with van der Waals surface area (Å²) in [7, 11) is 0. The van der Waals surface area contributed by atoms with E-state index in [1.807, 2.05) is 6.20 Å². The second-order valence-electron chi connectivity index (χ2n) is 6.01. The number of benzene rings is 1. The second-order valence-corrected chi connectivity index (χ2v) is 6.01. The second kappa shape index (κ2) is 5.90. The first-order chi connectivity index (χ1) is 10.2. The van der Waals surface area contributed by atoms with E-state index in [0.717, 1.165) is 26.2 Å². The first kappa shape index (κ1) is 14.1. The van der Waals surface area contributed by atoms with Crippen molar-refractivity contribution in [3.05, 3.63) is 41.7 Å². The molecule has 0 aliphatic carbocycles.